The second kappa shape index (κ2) is 9.31. The zero-order valence-electron chi connectivity index (χ0n) is 15.8. The van der Waals surface area contributed by atoms with Crippen molar-refractivity contribution in [2.45, 2.75) is 13.3 Å². The second-order valence-corrected chi connectivity index (χ2v) is 5.97. The number of rotatable bonds is 9. The minimum absolute atomic E-state index is 0.0143. The van der Waals surface area contributed by atoms with Crippen LogP contribution < -0.4 is 14.8 Å². The molecule has 0 atom stereocenters. The van der Waals surface area contributed by atoms with Gasteiger partial charge in [0.25, 0.3) is 11.6 Å². The Morgan fingerprint density at radius 3 is 2.48 bits per heavy atom. The van der Waals surface area contributed by atoms with Crippen molar-refractivity contribution in [1.82, 2.24) is 0 Å². The molecule has 0 unspecified atom stereocenters. The van der Waals surface area contributed by atoms with Crippen molar-refractivity contribution in [3.63, 3.8) is 0 Å². The summed E-state index contributed by atoms with van der Waals surface area (Å²) in [6.45, 7) is 4.86. The van der Waals surface area contributed by atoms with Crippen LogP contribution in [0.15, 0.2) is 43.0 Å². The number of hydrogen-bond donors (Lipinski definition) is 1. The number of amides is 1. The molecule has 0 aromatic heterocycles. The van der Waals surface area contributed by atoms with Crippen molar-refractivity contribution < 1.29 is 24.1 Å². The van der Waals surface area contributed by atoms with Crippen molar-refractivity contribution in [2.75, 3.05) is 19.0 Å². The van der Waals surface area contributed by atoms with Crippen LogP contribution in [0.2, 0.25) is 0 Å². The van der Waals surface area contributed by atoms with Crippen molar-refractivity contribution >= 4 is 23.0 Å². The molecule has 0 fully saturated rings. The van der Waals surface area contributed by atoms with Crippen LogP contribution >= 0.6 is 0 Å². The lowest BCUT2D eigenvalue weighted by molar-refractivity contribution is -0.385. The van der Waals surface area contributed by atoms with E-state index in [1.807, 2.05) is 0 Å². The molecule has 1 amide bonds. The lowest BCUT2D eigenvalue weighted by atomic mass is 10.1. The van der Waals surface area contributed by atoms with Gasteiger partial charge in [0.05, 0.1) is 17.0 Å². The molecule has 0 radical (unpaired) electrons. The number of nitrogens with one attached hydrogen (secondary N) is 1. The predicted octanol–water partition coefficient (Wildman–Crippen LogP) is 3.57. The zero-order valence-corrected chi connectivity index (χ0v) is 15.8. The second-order valence-electron chi connectivity index (χ2n) is 5.97. The van der Waals surface area contributed by atoms with E-state index in [0.29, 0.717) is 29.0 Å². The van der Waals surface area contributed by atoms with Gasteiger partial charge in [0.15, 0.2) is 12.4 Å². The zero-order chi connectivity index (χ0) is 21.6. The molecule has 10 nitrogen and oxygen atoms in total. The minimum atomic E-state index is -0.573. The number of nitro benzene ring substituents is 2. The number of carbonyl (C=O) groups excluding carboxylic acids is 1. The van der Waals surface area contributed by atoms with Gasteiger partial charge in [-0.05, 0) is 25.0 Å². The van der Waals surface area contributed by atoms with Crippen LogP contribution in [0.4, 0.5) is 17.1 Å². The van der Waals surface area contributed by atoms with Gasteiger partial charge in [0, 0.05) is 35.5 Å². The highest BCUT2D eigenvalue weighted by Gasteiger charge is 2.19. The normalized spacial score (nSPS) is 10.1. The van der Waals surface area contributed by atoms with Crippen molar-refractivity contribution in [3.8, 4) is 11.5 Å². The van der Waals surface area contributed by atoms with Crippen LogP contribution in [0.1, 0.15) is 11.1 Å². The number of nitro groups is 2. The molecule has 0 bridgehead atoms. The van der Waals surface area contributed by atoms with Gasteiger partial charge >= 0.3 is 5.69 Å². The Kier molecular flexibility index (Phi) is 6.85. The maximum Gasteiger partial charge on any atom is 0.311 e. The van der Waals surface area contributed by atoms with E-state index in [4.69, 9.17) is 9.47 Å². The number of hydrogen-bond acceptors (Lipinski definition) is 7. The Morgan fingerprint density at radius 1 is 1.17 bits per heavy atom. The molecule has 0 heterocycles. The van der Waals surface area contributed by atoms with Crippen molar-refractivity contribution in [1.29, 1.82) is 0 Å². The van der Waals surface area contributed by atoms with Gasteiger partial charge in [0.1, 0.15) is 5.75 Å². The van der Waals surface area contributed by atoms with E-state index >= 15 is 0 Å². The Morgan fingerprint density at radius 2 is 1.90 bits per heavy atom. The third kappa shape index (κ3) is 5.28. The smallest absolute Gasteiger partial charge is 0.311 e. The maximum atomic E-state index is 12.3. The standard InChI is InChI=1S/C19H19N3O7/c1-4-5-13-9-14(21(24)25)6-7-17(13)29-11-19(23)20-15-10-18(28-3)16(22(26)27)8-12(15)2/h4,6-10H,1,5,11H2,2-3H3,(H,20,23). The molecule has 2 aromatic rings. The van der Waals surface area contributed by atoms with Crippen LogP contribution in [0.3, 0.4) is 0 Å². The fourth-order valence-electron chi connectivity index (χ4n) is 2.58. The topological polar surface area (TPSA) is 134 Å². The average molecular weight is 401 g/mol. The molecule has 0 aliphatic rings. The summed E-state index contributed by atoms with van der Waals surface area (Å²) in [6, 6.07) is 6.73. The molecular formula is C19H19N3O7. The molecule has 2 aromatic carbocycles. The van der Waals surface area contributed by atoms with E-state index < -0.39 is 15.8 Å². The highest BCUT2D eigenvalue weighted by molar-refractivity contribution is 5.93. The number of allylic oxidation sites excluding steroid dienone is 1. The van der Waals surface area contributed by atoms with Gasteiger partial charge in [-0.2, -0.15) is 0 Å². The third-order valence-electron chi connectivity index (χ3n) is 3.97. The Bertz CT molecular complexity index is 973. The first-order valence-corrected chi connectivity index (χ1v) is 8.40. The fourth-order valence-corrected chi connectivity index (χ4v) is 2.58. The number of carbonyl (C=O) groups is 1. The van der Waals surface area contributed by atoms with E-state index in [-0.39, 0.29) is 23.7 Å². The van der Waals surface area contributed by atoms with E-state index in [1.165, 1.54) is 37.4 Å². The van der Waals surface area contributed by atoms with E-state index in [0.717, 1.165) is 0 Å². The number of aryl methyl sites for hydroxylation is 1. The monoisotopic (exact) mass is 401 g/mol. The molecule has 0 aliphatic heterocycles. The van der Waals surface area contributed by atoms with Crippen LogP contribution in [-0.4, -0.2) is 29.5 Å². The Labute approximate surface area is 166 Å². The number of anilines is 1. The summed E-state index contributed by atoms with van der Waals surface area (Å²) in [5, 5.41) is 24.6. The van der Waals surface area contributed by atoms with Gasteiger partial charge in [0.2, 0.25) is 0 Å². The molecule has 152 valence electrons. The number of methoxy groups -OCH3 is 1. The third-order valence-corrected chi connectivity index (χ3v) is 3.97. The highest BCUT2D eigenvalue weighted by Crippen LogP contribution is 2.32. The lowest BCUT2D eigenvalue weighted by Crippen LogP contribution is -2.21. The van der Waals surface area contributed by atoms with Crippen LogP contribution in [-0.2, 0) is 11.2 Å². The molecule has 0 saturated heterocycles. The number of non-ortho nitro benzene ring substituents is 1. The Hall–Kier alpha value is -3.95. The molecule has 1 N–H and O–H groups in total. The summed E-state index contributed by atoms with van der Waals surface area (Å²) >= 11 is 0. The number of ether oxygens (including phenoxy) is 2. The molecule has 2 rings (SSSR count). The SMILES string of the molecule is C=CCc1cc([N+](=O)[O-])ccc1OCC(=O)Nc1cc(OC)c([N+](=O)[O-])cc1C. The van der Waals surface area contributed by atoms with Crippen molar-refractivity contribution in [3.05, 3.63) is 74.3 Å². The molecule has 0 spiro atoms. The van der Waals surface area contributed by atoms with Gasteiger partial charge in [-0.25, -0.2) is 0 Å². The largest absolute Gasteiger partial charge is 0.490 e. The summed E-state index contributed by atoms with van der Waals surface area (Å²) < 4.78 is 10.5. The fraction of sp³-hybridized carbons (Fsp3) is 0.211. The number of nitrogens with zero attached hydrogens (tertiary/aromatic N) is 2. The van der Waals surface area contributed by atoms with Crippen LogP contribution in [0.25, 0.3) is 0 Å². The first-order valence-electron chi connectivity index (χ1n) is 8.40. The minimum Gasteiger partial charge on any atom is -0.490 e. The first kappa shape index (κ1) is 21.4. The quantitative estimate of drug-likeness (QED) is 0.386. The average Bonchev–Trinajstić information content (AvgIpc) is 2.68. The Balaban J connectivity index is 2.13. The van der Waals surface area contributed by atoms with Crippen molar-refractivity contribution in [2.24, 2.45) is 0 Å². The molecular weight excluding hydrogens is 382 g/mol. The summed E-state index contributed by atoms with van der Waals surface area (Å²) in [5.74, 6) is -0.170. The van der Waals surface area contributed by atoms with Gasteiger partial charge in [-0.3, -0.25) is 25.0 Å². The molecule has 10 heteroatoms. The van der Waals surface area contributed by atoms with Gasteiger partial charge in [-0.1, -0.05) is 6.08 Å². The molecule has 0 saturated carbocycles. The highest BCUT2D eigenvalue weighted by atomic mass is 16.6. The summed E-state index contributed by atoms with van der Waals surface area (Å²) in [6.07, 6.45) is 1.90. The number of benzene rings is 2. The summed E-state index contributed by atoms with van der Waals surface area (Å²) in [5.41, 5.74) is 1.05. The van der Waals surface area contributed by atoms with Gasteiger partial charge < -0.3 is 14.8 Å². The molecule has 29 heavy (non-hydrogen) atoms. The first-order chi connectivity index (χ1) is 13.8. The molecule has 0 aliphatic carbocycles. The summed E-state index contributed by atoms with van der Waals surface area (Å²) in [7, 11) is 1.29. The van der Waals surface area contributed by atoms with E-state index in [1.54, 1.807) is 13.0 Å². The van der Waals surface area contributed by atoms with Crippen LogP contribution in [0, 0.1) is 27.2 Å². The maximum absolute atomic E-state index is 12.3. The lowest BCUT2D eigenvalue weighted by Gasteiger charge is -2.13. The van der Waals surface area contributed by atoms with Crippen LogP contribution in [0.5, 0.6) is 11.5 Å². The van der Waals surface area contributed by atoms with E-state index in [9.17, 15) is 25.0 Å². The van der Waals surface area contributed by atoms with E-state index in [2.05, 4.69) is 11.9 Å². The van der Waals surface area contributed by atoms with Gasteiger partial charge in [-0.15, -0.1) is 6.58 Å². The summed E-state index contributed by atoms with van der Waals surface area (Å²) in [4.78, 5) is 33.1. The predicted molar refractivity (Wildman–Crippen MR) is 106 cm³/mol.